The quantitative estimate of drug-likeness (QED) is 0.166. The van der Waals surface area contributed by atoms with Gasteiger partial charge in [0.1, 0.15) is 4.90 Å². The van der Waals surface area contributed by atoms with Crippen molar-refractivity contribution in [1.82, 2.24) is 4.90 Å². The predicted molar refractivity (Wildman–Crippen MR) is 165 cm³/mol. The Morgan fingerprint density at radius 1 is 1.00 bits per heavy atom. The molecule has 0 aliphatic carbocycles. The average molecular weight is 668 g/mol. The van der Waals surface area contributed by atoms with Crippen molar-refractivity contribution in [2.24, 2.45) is 0 Å². The third-order valence-electron chi connectivity index (χ3n) is 6.23. The lowest BCUT2D eigenvalue weighted by Crippen LogP contribution is -2.27. The van der Waals surface area contributed by atoms with Gasteiger partial charge in [-0.15, -0.1) is 0 Å². The normalized spacial score (nSPS) is 14.5. The molecule has 9 nitrogen and oxygen atoms in total. The summed E-state index contributed by atoms with van der Waals surface area (Å²) < 4.78 is 37.0. The van der Waals surface area contributed by atoms with E-state index in [-0.39, 0.29) is 43.5 Å². The fraction of sp³-hybridized carbons (Fsp3) is 0.100. The van der Waals surface area contributed by atoms with Crippen LogP contribution in [0.4, 0.5) is 10.5 Å². The van der Waals surface area contributed by atoms with Crippen molar-refractivity contribution in [2.75, 3.05) is 12.4 Å². The number of carbonyl (C=O) groups excluding carboxylic acids is 3. The van der Waals surface area contributed by atoms with Crippen LogP contribution in [0.15, 0.2) is 93.1 Å². The second kappa shape index (κ2) is 12.0. The highest BCUT2D eigenvalue weighted by atomic mass is 79.9. The first-order chi connectivity index (χ1) is 20.0. The Bertz CT molecular complexity index is 1870. The van der Waals surface area contributed by atoms with Crippen LogP contribution in [-0.2, 0) is 26.3 Å². The highest BCUT2D eigenvalue weighted by Gasteiger charge is 2.35. The Kier molecular flexibility index (Phi) is 8.39. The van der Waals surface area contributed by atoms with E-state index >= 15 is 0 Å². The number of hydrogen-bond acceptors (Lipinski definition) is 8. The molecular formula is C30H23BrN2O7S2. The average Bonchev–Trinajstić information content (AvgIpc) is 3.21. The van der Waals surface area contributed by atoms with E-state index < -0.39 is 16.0 Å². The molecule has 1 heterocycles. The van der Waals surface area contributed by atoms with E-state index in [2.05, 4.69) is 21.2 Å². The Morgan fingerprint density at radius 3 is 2.40 bits per heavy atom. The minimum Gasteiger partial charge on any atom is -0.493 e. The number of nitrogens with zero attached hydrogens (tertiary/aromatic N) is 1. The van der Waals surface area contributed by atoms with Gasteiger partial charge in [-0.2, -0.15) is 8.42 Å². The lowest BCUT2D eigenvalue weighted by molar-refractivity contribution is -0.123. The highest BCUT2D eigenvalue weighted by Crippen LogP contribution is 2.40. The van der Waals surface area contributed by atoms with E-state index in [1.54, 1.807) is 6.07 Å². The fourth-order valence-corrected chi connectivity index (χ4v) is 6.72. The minimum absolute atomic E-state index is 0.0875. The van der Waals surface area contributed by atoms with Crippen LogP contribution in [0.3, 0.4) is 0 Å². The maximum absolute atomic E-state index is 13.2. The highest BCUT2D eigenvalue weighted by molar-refractivity contribution is 9.10. The first kappa shape index (κ1) is 29.4. The van der Waals surface area contributed by atoms with Gasteiger partial charge >= 0.3 is 10.1 Å². The Morgan fingerprint density at radius 2 is 1.71 bits per heavy atom. The molecule has 4 aromatic carbocycles. The molecule has 0 bridgehead atoms. The van der Waals surface area contributed by atoms with Crippen molar-refractivity contribution in [3.05, 3.63) is 99.4 Å². The number of hydrogen-bond donors (Lipinski definition) is 1. The Hall–Kier alpha value is -4.13. The summed E-state index contributed by atoms with van der Waals surface area (Å²) in [5.41, 5.74) is 1.75. The van der Waals surface area contributed by atoms with Gasteiger partial charge in [-0.25, -0.2) is 0 Å². The first-order valence-electron chi connectivity index (χ1n) is 12.5. The maximum atomic E-state index is 13.2. The second-order valence-corrected chi connectivity index (χ2v) is 12.6. The van der Waals surface area contributed by atoms with Crippen LogP contribution in [0.2, 0.25) is 0 Å². The third-order valence-corrected chi connectivity index (χ3v) is 8.97. The molecule has 3 amide bonds. The van der Waals surface area contributed by atoms with Gasteiger partial charge in [0.2, 0.25) is 5.91 Å². The molecule has 0 aromatic heterocycles. The molecule has 0 unspecified atom stereocenters. The summed E-state index contributed by atoms with van der Waals surface area (Å²) in [6.07, 6.45) is 1.54. The smallest absolute Gasteiger partial charge is 0.339 e. The summed E-state index contributed by atoms with van der Waals surface area (Å²) in [4.78, 5) is 38.4. The van der Waals surface area contributed by atoms with Crippen LogP contribution in [0.1, 0.15) is 18.1 Å². The molecule has 4 aromatic rings. The molecule has 214 valence electrons. The van der Waals surface area contributed by atoms with E-state index in [0.29, 0.717) is 11.3 Å². The van der Waals surface area contributed by atoms with Gasteiger partial charge < -0.3 is 14.2 Å². The van der Waals surface area contributed by atoms with Crippen LogP contribution in [0, 0.1) is 0 Å². The second-order valence-electron chi connectivity index (χ2n) is 9.23. The number of rotatable bonds is 8. The van der Waals surface area contributed by atoms with E-state index in [9.17, 15) is 22.8 Å². The summed E-state index contributed by atoms with van der Waals surface area (Å²) in [6, 6.07) is 22.2. The van der Waals surface area contributed by atoms with Gasteiger partial charge in [-0.1, -0.05) is 36.4 Å². The van der Waals surface area contributed by atoms with Crippen molar-refractivity contribution in [1.29, 1.82) is 0 Å². The molecule has 0 radical (unpaired) electrons. The summed E-state index contributed by atoms with van der Waals surface area (Å²) >= 11 is 4.16. The van der Waals surface area contributed by atoms with Crippen molar-refractivity contribution < 1.29 is 31.7 Å². The van der Waals surface area contributed by atoms with Crippen molar-refractivity contribution in [2.45, 2.75) is 18.4 Å². The van der Waals surface area contributed by atoms with E-state index in [1.807, 2.05) is 42.5 Å². The number of carbonyl (C=O) groups is 3. The van der Waals surface area contributed by atoms with Crippen molar-refractivity contribution in [3.8, 4) is 11.5 Å². The first-order valence-corrected chi connectivity index (χ1v) is 15.5. The minimum atomic E-state index is -4.26. The third kappa shape index (κ3) is 6.35. The topological polar surface area (TPSA) is 119 Å². The molecule has 1 aliphatic rings. The molecule has 0 spiro atoms. The molecule has 1 saturated heterocycles. The molecule has 1 aliphatic heterocycles. The molecule has 1 fully saturated rings. The molecule has 0 atom stereocenters. The van der Waals surface area contributed by atoms with Crippen LogP contribution >= 0.6 is 27.7 Å². The predicted octanol–water partition coefficient (Wildman–Crippen LogP) is 6.57. The zero-order chi connectivity index (χ0) is 30.0. The van der Waals surface area contributed by atoms with Crippen LogP contribution in [-0.4, -0.2) is 37.5 Å². The maximum Gasteiger partial charge on any atom is 0.339 e. The number of fused-ring (bicyclic) bond motifs is 1. The van der Waals surface area contributed by atoms with Gasteiger partial charge in [0, 0.05) is 12.6 Å². The van der Waals surface area contributed by atoms with Crippen LogP contribution in [0.5, 0.6) is 11.5 Å². The number of thioether (sulfide) groups is 1. The number of anilines is 1. The van der Waals surface area contributed by atoms with Gasteiger partial charge in [0.15, 0.2) is 11.5 Å². The number of nitrogens with one attached hydrogen (secondary N) is 1. The number of benzene rings is 4. The monoisotopic (exact) mass is 666 g/mol. The van der Waals surface area contributed by atoms with Crippen LogP contribution < -0.4 is 14.2 Å². The zero-order valence-corrected chi connectivity index (χ0v) is 25.5. The Labute approximate surface area is 254 Å². The molecule has 42 heavy (non-hydrogen) atoms. The lowest BCUT2D eigenvalue weighted by Gasteiger charge is -2.14. The molecule has 1 N–H and O–H groups in total. The van der Waals surface area contributed by atoms with E-state index in [4.69, 9.17) is 8.92 Å². The van der Waals surface area contributed by atoms with Crippen LogP contribution in [0.25, 0.3) is 16.8 Å². The summed E-state index contributed by atoms with van der Waals surface area (Å²) in [5, 5.41) is 4.26. The lowest BCUT2D eigenvalue weighted by atomic mass is 10.1. The van der Waals surface area contributed by atoms with Crippen molar-refractivity contribution >= 4 is 77.4 Å². The number of amides is 3. The molecular weight excluding hydrogens is 644 g/mol. The number of halogens is 1. The Balaban J connectivity index is 1.36. The number of ether oxygens (including phenoxy) is 1. The van der Waals surface area contributed by atoms with Gasteiger partial charge in [0.25, 0.3) is 11.1 Å². The fourth-order valence-electron chi connectivity index (χ4n) is 4.28. The SMILES string of the molecule is COc1cc(/C=C2\SC(=O)N(Cc3ccc4ccccc4c3)C2=O)cc(Br)c1OS(=O)(=O)c1ccc(NC(C)=O)cc1. The molecule has 5 rings (SSSR count). The van der Waals surface area contributed by atoms with E-state index in [1.165, 1.54) is 55.3 Å². The van der Waals surface area contributed by atoms with E-state index in [0.717, 1.165) is 28.1 Å². The largest absolute Gasteiger partial charge is 0.493 e. The van der Waals surface area contributed by atoms with Gasteiger partial charge in [-0.3, -0.25) is 19.3 Å². The van der Waals surface area contributed by atoms with Crippen molar-refractivity contribution in [3.63, 3.8) is 0 Å². The summed E-state index contributed by atoms with van der Waals surface area (Å²) in [5.74, 6) is -0.724. The molecule has 12 heteroatoms. The summed E-state index contributed by atoms with van der Waals surface area (Å²) in [6.45, 7) is 1.48. The number of imide groups is 1. The number of methoxy groups -OCH3 is 1. The molecule has 0 saturated carbocycles. The van der Waals surface area contributed by atoms with Gasteiger partial charge in [-0.05, 0) is 98.1 Å². The zero-order valence-electron chi connectivity index (χ0n) is 22.3. The standard InChI is InChI=1S/C30H23BrN2O7S2/c1-18(34)32-23-9-11-24(12-10-23)42(37,38)40-28-25(31)14-20(15-26(28)39-2)16-27-29(35)33(30(36)41-27)17-19-7-8-21-5-3-4-6-22(21)13-19/h3-16H,17H2,1-2H3,(H,32,34)/b27-16-. The van der Waals surface area contributed by atoms with Gasteiger partial charge in [0.05, 0.1) is 23.0 Å². The summed E-state index contributed by atoms with van der Waals surface area (Å²) in [7, 11) is -2.91.